The van der Waals surface area contributed by atoms with Gasteiger partial charge in [0.1, 0.15) is 0 Å². The van der Waals surface area contributed by atoms with Crippen LogP contribution in [0.15, 0.2) is 60.2 Å². The molecule has 0 radical (unpaired) electrons. The summed E-state index contributed by atoms with van der Waals surface area (Å²) in [6, 6.07) is 1.94. The van der Waals surface area contributed by atoms with E-state index < -0.39 is 0 Å². The summed E-state index contributed by atoms with van der Waals surface area (Å²) in [5.74, 6) is 2.22. The van der Waals surface area contributed by atoms with E-state index in [0.29, 0.717) is 11.3 Å². The Morgan fingerprint density at radius 1 is 1.15 bits per heavy atom. The molecule has 0 amide bonds. The van der Waals surface area contributed by atoms with Crippen molar-refractivity contribution >= 4 is 17.9 Å². The number of hydrogen-bond donors (Lipinski definition) is 1. The van der Waals surface area contributed by atoms with Crippen LogP contribution in [0, 0.1) is 28.6 Å². The first-order valence-electron chi connectivity index (χ1n) is 12.4. The third-order valence-electron chi connectivity index (χ3n) is 9.36. The Bertz CT molecular complexity index is 1120. The molecule has 0 aromatic carbocycles. The van der Waals surface area contributed by atoms with Crippen molar-refractivity contribution in [2.45, 2.75) is 64.9 Å². The van der Waals surface area contributed by atoms with Crippen LogP contribution in [0.1, 0.15) is 64.4 Å². The van der Waals surface area contributed by atoms with E-state index in [0.717, 1.165) is 36.7 Å². The first-order chi connectivity index (χ1) is 15.9. The Morgan fingerprint density at radius 2 is 1.94 bits per heavy atom. The van der Waals surface area contributed by atoms with Crippen LogP contribution in [0.2, 0.25) is 0 Å². The molecule has 4 unspecified atom stereocenters. The predicted molar refractivity (Wildman–Crippen MR) is 134 cm³/mol. The largest absolute Gasteiger partial charge is 0.393 e. The third-order valence-corrected chi connectivity index (χ3v) is 9.36. The highest BCUT2D eigenvalue weighted by Gasteiger charge is 2.57. The lowest BCUT2D eigenvalue weighted by Crippen LogP contribution is -2.49. The Hall–Kier alpha value is -2.53. The van der Waals surface area contributed by atoms with Crippen LogP contribution < -0.4 is 0 Å². The molecule has 6 atom stereocenters. The molecule has 2 saturated carbocycles. The van der Waals surface area contributed by atoms with Gasteiger partial charge in [0.25, 0.3) is 0 Å². The van der Waals surface area contributed by atoms with Crippen LogP contribution in [0.5, 0.6) is 0 Å². The minimum atomic E-state index is -0.123. The van der Waals surface area contributed by atoms with Gasteiger partial charge < -0.3 is 5.11 Å². The molecule has 4 aliphatic rings. The van der Waals surface area contributed by atoms with Gasteiger partial charge in [-0.3, -0.25) is 4.99 Å². The zero-order valence-electron chi connectivity index (χ0n) is 20.0. The fraction of sp³-hybridized carbons (Fsp3) is 0.536. The molecule has 0 bridgehead atoms. The number of aromatic nitrogens is 3. The zero-order valence-corrected chi connectivity index (χ0v) is 20.0. The maximum absolute atomic E-state index is 10.2. The molecule has 2 fully saturated rings. The normalized spacial score (nSPS) is 36.9. The van der Waals surface area contributed by atoms with Gasteiger partial charge in [-0.2, -0.15) is 5.10 Å². The quantitative estimate of drug-likeness (QED) is 0.465. The molecule has 0 saturated heterocycles. The summed E-state index contributed by atoms with van der Waals surface area (Å²) >= 11 is 0. The molecule has 0 spiro atoms. The smallest absolute Gasteiger partial charge is 0.162 e. The first kappa shape index (κ1) is 22.3. The van der Waals surface area contributed by atoms with Crippen LogP contribution in [0.3, 0.4) is 0 Å². The van der Waals surface area contributed by atoms with Crippen molar-refractivity contribution in [2.75, 3.05) is 0 Å². The molecule has 2 heterocycles. The van der Waals surface area contributed by atoms with Crippen molar-refractivity contribution in [3.63, 3.8) is 0 Å². The molecule has 2 aromatic heterocycles. The van der Waals surface area contributed by atoms with Crippen LogP contribution in [0.4, 0.5) is 0 Å². The second kappa shape index (κ2) is 8.35. The van der Waals surface area contributed by atoms with E-state index in [4.69, 9.17) is 0 Å². The van der Waals surface area contributed by atoms with Gasteiger partial charge in [0.2, 0.25) is 0 Å². The average Bonchev–Trinajstić information content (AvgIpc) is 3.40. The number of aliphatic hydroxyl groups is 1. The van der Waals surface area contributed by atoms with E-state index in [-0.39, 0.29) is 11.5 Å². The molecule has 5 heteroatoms. The van der Waals surface area contributed by atoms with Crippen molar-refractivity contribution in [1.82, 2.24) is 14.6 Å². The van der Waals surface area contributed by atoms with Crippen molar-refractivity contribution < 1.29 is 5.11 Å². The van der Waals surface area contributed by atoms with Crippen LogP contribution >= 0.6 is 0 Å². The summed E-state index contributed by atoms with van der Waals surface area (Å²) in [5, 5.41) is 14.8. The molecule has 33 heavy (non-hydrogen) atoms. The molecule has 2 aromatic rings. The summed E-state index contributed by atoms with van der Waals surface area (Å²) in [6.45, 7) is 11.4. The predicted octanol–water partition coefficient (Wildman–Crippen LogP) is 5.88. The summed E-state index contributed by atoms with van der Waals surface area (Å²) < 4.78 is 1.91. The van der Waals surface area contributed by atoms with Crippen molar-refractivity contribution in [2.24, 2.45) is 33.6 Å². The third kappa shape index (κ3) is 3.43. The fourth-order valence-electron chi connectivity index (χ4n) is 7.64. The molecule has 5 nitrogen and oxygen atoms in total. The lowest BCUT2D eigenvalue weighted by molar-refractivity contribution is -0.0237. The maximum atomic E-state index is 10.2. The van der Waals surface area contributed by atoms with Crippen LogP contribution in [0.25, 0.3) is 11.2 Å². The highest BCUT2D eigenvalue weighted by atomic mass is 16.3. The van der Waals surface area contributed by atoms with Gasteiger partial charge in [0.15, 0.2) is 5.65 Å². The van der Waals surface area contributed by atoms with E-state index in [1.807, 2.05) is 29.2 Å². The topological polar surface area (TPSA) is 62.8 Å². The minimum absolute atomic E-state index is 0.123. The molecular formula is C28H36N4O. The van der Waals surface area contributed by atoms with Gasteiger partial charge in [-0.15, -0.1) is 0 Å². The number of hydrogen-bond acceptors (Lipinski definition) is 4. The molecular weight excluding hydrogens is 408 g/mol. The van der Waals surface area contributed by atoms with Crippen molar-refractivity contribution in [3.05, 3.63) is 60.7 Å². The van der Waals surface area contributed by atoms with Crippen molar-refractivity contribution in [1.29, 1.82) is 0 Å². The van der Waals surface area contributed by atoms with Gasteiger partial charge in [0, 0.05) is 24.2 Å². The molecule has 0 aliphatic heterocycles. The number of fused-ring (bicyclic) bond motifs is 6. The van der Waals surface area contributed by atoms with Gasteiger partial charge in [-0.05, 0) is 91.9 Å². The summed E-state index contributed by atoms with van der Waals surface area (Å²) in [7, 11) is 0. The zero-order chi connectivity index (χ0) is 23.2. The van der Waals surface area contributed by atoms with Crippen molar-refractivity contribution in [3.8, 4) is 0 Å². The number of allylic oxidation sites excluding steroid dienone is 3. The van der Waals surface area contributed by atoms with E-state index in [9.17, 15) is 5.11 Å². The van der Waals surface area contributed by atoms with E-state index in [1.165, 1.54) is 43.0 Å². The highest BCUT2D eigenvalue weighted by molar-refractivity contribution is 5.80. The summed E-state index contributed by atoms with van der Waals surface area (Å²) in [5.41, 5.74) is 5.78. The fourth-order valence-corrected chi connectivity index (χ4v) is 7.64. The highest BCUT2D eigenvalue weighted by Crippen LogP contribution is 2.66. The average molecular weight is 445 g/mol. The lowest BCUT2D eigenvalue weighted by atomic mass is 9.47. The Morgan fingerprint density at radius 3 is 2.73 bits per heavy atom. The van der Waals surface area contributed by atoms with Gasteiger partial charge in [-0.25, -0.2) is 9.50 Å². The van der Waals surface area contributed by atoms with Gasteiger partial charge in [0.05, 0.1) is 12.3 Å². The Kier molecular flexibility index (Phi) is 5.64. The van der Waals surface area contributed by atoms with E-state index >= 15 is 0 Å². The minimum Gasteiger partial charge on any atom is -0.393 e. The van der Waals surface area contributed by atoms with Crippen LogP contribution in [-0.4, -0.2) is 32.5 Å². The second-order valence-electron chi connectivity index (χ2n) is 10.8. The maximum Gasteiger partial charge on any atom is 0.162 e. The standard InChI is InChI=1S/C25H31N3O.C3H5N/c1-24-10-8-17(29)14-16(24)4-5-18-20-6-7-21(25(20,2)11-9-22(18)24)19-15-27-28-13-3-12-26-23(19)28;1-3-4-2/h3-4,7,12-13,15,17-18,20,22,29H,5-6,8-11,14H2,1-2H3;3H,1-2H2/t17-,18?,20?,22?,24?,25-;/m0./s1. The number of aliphatic hydroxyl groups excluding tert-OH is 1. The Labute approximate surface area is 197 Å². The number of nitrogens with zero attached hydrogens (tertiary/aromatic N) is 4. The van der Waals surface area contributed by atoms with Gasteiger partial charge >= 0.3 is 0 Å². The first-order valence-corrected chi connectivity index (χ1v) is 12.4. The molecule has 4 aliphatic carbocycles. The summed E-state index contributed by atoms with van der Waals surface area (Å²) in [6.07, 6.45) is 20.1. The van der Waals surface area contributed by atoms with Crippen LogP contribution in [-0.2, 0) is 0 Å². The monoisotopic (exact) mass is 444 g/mol. The molecule has 174 valence electrons. The van der Waals surface area contributed by atoms with E-state index in [1.54, 1.807) is 5.57 Å². The molecule has 1 N–H and O–H groups in total. The SMILES string of the molecule is C=CN=C.CC12CC[C@H](O)CC1=CCC1C2CC[C@]2(C)C(c3cnn4cccnc34)=CCC12. The van der Waals surface area contributed by atoms with Gasteiger partial charge in [-0.1, -0.05) is 38.2 Å². The lowest BCUT2D eigenvalue weighted by Gasteiger charge is -2.57. The second-order valence-corrected chi connectivity index (χ2v) is 10.8. The summed E-state index contributed by atoms with van der Waals surface area (Å²) in [4.78, 5) is 7.88. The Balaban J connectivity index is 0.000000531. The molecule has 6 rings (SSSR count). The number of aliphatic imine (C=N–C) groups is 1. The van der Waals surface area contributed by atoms with E-state index in [2.05, 4.69) is 54.4 Å². The number of rotatable bonds is 2.